The smallest absolute Gasteiger partial charge is 0.312 e. The first kappa shape index (κ1) is 14.2. The van der Waals surface area contributed by atoms with E-state index in [1.165, 1.54) is 0 Å². The lowest BCUT2D eigenvalue weighted by molar-refractivity contribution is 0.542. The summed E-state index contributed by atoms with van der Waals surface area (Å²) >= 11 is 0. The quantitative estimate of drug-likeness (QED) is 0.580. The largest absolute Gasteiger partial charge is 0.364 e. The van der Waals surface area contributed by atoms with Gasteiger partial charge in [0, 0.05) is 13.1 Å². The first-order valence-electron chi connectivity index (χ1n) is 6.94. The average molecular weight is 297 g/mol. The van der Waals surface area contributed by atoms with Gasteiger partial charge in [-0.2, -0.15) is 14.4 Å². The molecule has 0 fully saturated rings. The van der Waals surface area contributed by atoms with Crippen molar-refractivity contribution in [3.8, 4) is 0 Å². The van der Waals surface area contributed by atoms with E-state index in [9.17, 15) is 4.39 Å². The second-order valence-electron chi connectivity index (χ2n) is 5.18. The Bertz CT molecular complexity index is 810. The number of imidazole rings is 1. The zero-order valence-corrected chi connectivity index (χ0v) is 12.3. The number of aromatic nitrogens is 4. The highest BCUT2D eigenvalue weighted by molar-refractivity contribution is 5.82. The molecule has 0 spiro atoms. The molecule has 5 nitrogen and oxygen atoms in total. The van der Waals surface area contributed by atoms with E-state index in [1.807, 2.05) is 37.3 Å². The Labute approximate surface area is 127 Å². The van der Waals surface area contributed by atoms with E-state index in [1.54, 1.807) is 10.9 Å². The highest BCUT2D eigenvalue weighted by atomic mass is 19.1. The van der Waals surface area contributed by atoms with Crippen LogP contribution in [0, 0.1) is 6.08 Å². The summed E-state index contributed by atoms with van der Waals surface area (Å²) in [4.78, 5) is 12.0. The van der Waals surface area contributed by atoms with E-state index in [-0.39, 0.29) is 0 Å². The molecular formula is C16H16FN5. The topological polar surface area (TPSA) is 55.6 Å². The standard InChI is InChI=1S/C16H16FN5/c1-11(2)9-22-10-19-13-14(20-16(17)21-15(13)22)18-8-12-6-4-3-5-7-12/h3-7,10H,1,8-9H2,2H3,(H,18,20,21). The van der Waals surface area contributed by atoms with Gasteiger partial charge in [0.15, 0.2) is 17.0 Å². The monoisotopic (exact) mass is 297 g/mol. The number of halogens is 1. The number of benzene rings is 1. The number of allylic oxidation sites excluding steroid dienone is 1. The van der Waals surface area contributed by atoms with Crippen molar-refractivity contribution in [2.45, 2.75) is 20.0 Å². The highest BCUT2D eigenvalue weighted by Crippen LogP contribution is 2.20. The van der Waals surface area contributed by atoms with Gasteiger partial charge in [-0.1, -0.05) is 42.5 Å². The van der Waals surface area contributed by atoms with Crippen molar-refractivity contribution >= 4 is 17.0 Å². The van der Waals surface area contributed by atoms with Gasteiger partial charge in [-0.15, -0.1) is 0 Å². The van der Waals surface area contributed by atoms with Crippen LogP contribution in [0.1, 0.15) is 12.5 Å². The van der Waals surface area contributed by atoms with Gasteiger partial charge < -0.3 is 9.88 Å². The number of nitrogens with one attached hydrogen (secondary N) is 1. The normalized spacial score (nSPS) is 10.8. The van der Waals surface area contributed by atoms with Crippen molar-refractivity contribution in [2.24, 2.45) is 0 Å². The summed E-state index contributed by atoms with van der Waals surface area (Å²) in [7, 11) is 0. The Morgan fingerprint density at radius 1 is 1.27 bits per heavy atom. The first-order chi connectivity index (χ1) is 10.6. The van der Waals surface area contributed by atoms with E-state index in [0.717, 1.165) is 11.1 Å². The Morgan fingerprint density at radius 2 is 2.05 bits per heavy atom. The van der Waals surface area contributed by atoms with Gasteiger partial charge in [0.2, 0.25) is 0 Å². The summed E-state index contributed by atoms with van der Waals surface area (Å²) in [6.45, 7) is 6.85. The Kier molecular flexibility index (Phi) is 3.82. The molecule has 1 aromatic carbocycles. The third-order valence-electron chi connectivity index (χ3n) is 3.18. The van der Waals surface area contributed by atoms with Gasteiger partial charge in [0.1, 0.15) is 0 Å². The van der Waals surface area contributed by atoms with Crippen molar-refractivity contribution in [3.05, 3.63) is 60.5 Å². The van der Waals surface area contributed by atoms with Gasteiger partial charge >= 0.3 is 6.08 Å². The zero-order valence-electron chi connectivity index (χ0n) is 12.3. The van der Waals surface area contributed by atoms with Gasteiger partial charge in [-0.25, -0.2) is 4.98 Å². The fourth-order valence-corrected chi connectivity index (χ4v) is 2.23. The third kappa shape index (κ3) is 2.95. The minimum atomic E-state index is -0.772. The van der Waals surface area contributed by atoms with Crippen molar-refractivity contribution in [2.75, 3.05) is 5.32 Å². The number of hydrogen-bond acceptors (Lipinski definition) is 4. The van der Waals surface area contributed by atoms with Gasteiger partial charge in [-0.05, 0) is 12.5 Å². The van der Waals surface area contributed by atoms with E-state index >= 15 is 0 Å². The third-order valence-corrected chi connectivity index (χ3v) is 3.18. The molecule has 6 heteroatoms. The maximum atomic E-state index is 13.7. The molecule has 0 saturated carbocycles. The highest BCUT2D eigenvalue weighted by Gasteiger charge is 2.13. The summed E-state index contributed by atoms with van der Waals surface area (Å²) in [5.74, 6) is 0.395. The van der Waals surface area contributed by atoms with Crippen LogP contribution in [-0.4, -0.2) is 19.5 Å². The summed E-state index contributed by atoms with van der Waals surface area (Å²) in [5, 5.41) is 3.12. The molecule has 0 atom stereocenters. The number of hydrogen-bond donors (Lipinski definition) is 1. The minimum absolute atomic E-state index is 0.395. The molecule has 0 aliphatic heterocycles. The average Bonchev–Trinajstić information content (AvgIpc) is 2.88. The fraction of sp³-hybridized carbons (Fsp3) is 0.188. The molecule has 2 heterocycles. The number of anilines is 1. The molecule has 0 saturated heterocycles. The van der Waals surface area contributed by atoms with E-state index < -0.39 is 6.08 Å². The predicted octanol–water partition coefficient (Wildman–Crippen LogP) is 3.15. The van der Waals surface area contributed by atoms with Crippen LogP contribution in [0.25, 0.3) is 11.2 Å². The second kappa shape index (κ2) is 5.93. The molecule has 0 aliphatic carbocycles. The minimum Gasteiger partial charge on any atom is -0.364 e. The Morgan fingerprint density at radius 3 is 2.77 bits per heavy atom. The lowest BCUT2D eigenvalue weighted by Crippen LogP contribution is -2.06. The van der Waals surface area contributed by atoms with Crippen molar-refractivity contribution in [1.29, 1.82) is 0 Å². The number of rotatable bonds is 5. The predicted molar refractivity (Wildman–Crippen MR) is 83.9 cm³/mol. The molecule has 0 aliphatic rings. The molecule has 3 aromatic rings. The van der Waals surface area contributed by atoms with Crippen LogP contribution in [0.15, 0.2) is 48.8 Å². The van der Waals surface area contributed by atoms with Crippen LogP contribution >= 0.6 is 0 Å². The van der Waals surface area contributed by atoms with Crippen LogP contribution in [0.5, 0.6) is 0 Å². The summed E-state index contributed by atoms with van der Waals surface area (Å²) in [6.07, 6.45) is 0.854. The summed E-state index contributed by atoms with van der Waals surface area (Å²) in [6, 6.07) is 9.83. The van der Waals surface area contributed by atoms with Crippen LogP contribution in [0.3, 0.4) is 0 Å². The van der Waals surface area contributed by atoms with Crippen LogP contribution in [0.2, 0.25) is 0 Å². The van der Waals surface area contributed by atoms with Gasteiger partial charge in [0.05, 0.1) is 6.33 Å². The molecule has 0 radical (unpaired) electrons. The van der Waals surface area contributed by atoms with Gasteiger partial charge in [-0.3, -0.25) is 0 Å². The van der Waals surface area contributed by atoms with Crippen LogP contribution < -0.4 is 5.32 Å². The summed E-state index contributed by atoms with van der Waals surface area (Å²) in [5.41, 5.74) is 3.04. The molecule has 1 N–H and O–H groups in total. The lowest BCUT2D eigenvalue weighted by Gasteiger charge is -2.07. The molecule has 2 aromatic heterocycles. The molecular weight excluding hydrogens is 281 g/mol. The molecule has 112 valence electrons. The molecule has 22 heavy (non-hydrogen) atoms. The van der Waals surface area contributed by atoms with Gasteiger partial charge in [0.25, 0.3) is 0 Å². The SMILES string of the molecule is C=C(C)Cn1cnc2c(NCc3ccccc3)nc(F)nc21. The number of fused-ring (bicyclic) bond motifs is 1. The summed E-state index contributed by atoms with van der Waals surface area (Å²) < 4.78 is 15.5. The Hall–Kier alpha value is -2.76. The van der Waals surface area contributed by atoms with Crippen molar-refractivity contribution < 1.29 is 4.39 Å². The van der Waals surface area contributed by atoms with Crippen LogP contribution in [0.4, 0.5) is 10.2 Å². The van der Waals surface area contributed by atoms with E-state index in [4.69, 9.17) is 0 Å². The lowest BCUT2D eigenvalue weighted by atomic mass is 10.2. The maximum Gasteiger partial charge on any atom is 0.312 e. The molecule has 0 amide bonds. The fourth-order valence-electron chi connectivity index (χ4n) is 2.23. The van der Waals surface area contributed by atoms with Crippen molar-refractivity contribution in [1.82, 2.24) is 19.5 Å². The zero-order chi connectivity index (χ0) is 15.5. The molecule has 3 rings (SSSR count). The second-order valence-corrected chi connectivity index (χ2v) is 5.18. The molecule has 0 bridgehead atoms. The van der Waals surface area contributed by atoms with Crippen molar-refractivity contribution in [3.63, 3.8) is 0 Å². The maximum absolute atomic E-state index is 13.7. The van der Waals surface area contributed by atoms with Crippen LogP contribution in [-0.2, 0) is 13.1 Å². The molecule has 0 unspecified atom stereocenters. The first-order valence-corrected chi connectivity index (χ1v) is 6.94. The van der Waals surface area contributed by atoms with E-state index in [2.05, 4.69) is 26.8 Å². The van der Waals surface area contributed by atoms with E-state index in [0.29, 0.717) is 30.1 Å². The Balaban J connectivity index is 1.92. The number of nitrogens with zero attached hydrogens (tertiary/aromatic N) is 4.